The molecule has 1 aromatic carbocycles. The maximum Gasteiger partial charge on any atom is 0.244 e. The summed E-state index contributed by atoms with van der Waals surface area (Å²) in [5.41, 5.74) is 0.294. The highest BCUT2D eigenvalue weighted by molar-refractivity contribution is 7.10. The summed E-state index contributed by atoms with van der Waals surface area (Å²) in [6.07, 6.45) is 3.32. The Balaban J connectivity index is 1.99. The number of thiophene rings is 1. The van der Waals surface area contributed by atoms with E-state index in [1.165, 1.54) is 6.08 Å². The van der Waals surface area contributed by atoms with Crippen molar-refractivity contribution in [1.82, 2.24) is 5.32 Å². The molecule has 1 unspecified atom stereocenters. The predicted molar refractivity (Wildman–Crippen MR) is 92.2 cm³/mol. The van der Waals surface area contributed by atoms with Crippen LogP contribution in [0.3, 0.4) is 0 Å². The monoisotopic (exact) mass is 335 g/mol. The zero-order chi connectivity index (χ0) is 16.0. The van der Waals surface area contributed by atoms with Crippen molar-refractivity contribution in [3.05, 3.63) is 63.3 Å². The first kappa shape index (κ1) is 16.7. The van der Waals surface area contributed by atoms with E-state index in [2.05, 4.69) is 5.32 Å². The summed E-state index contributed by atoms with van der Waals surface area (Å²) in [7, 11) is 1.62. The van der Waals surface area contributed by atoms with Crippen molar-refractivity contribution < 1.29 is 9.53 Å². The molecule has 1 heterocycles. The summed E-state index contributed by atoms with van der Waals surface area (Å²) >= 11 is 7.61. The quantitative estimate of drug-likeness (QED) is 0.807. The molecule has 0 radical (unpaired) electrons. The van der Waals surface area contributed by atoms with Crippen molar-refractivity contribution >= 4 is 34.9 Å². The van der Waals surface area contributed by atoms with Gasteiger partial charge < -0.3 is 10.1 Å². The number of methoxy groups -OCH3 is 1. The van der Waals surface area contributed by atoms with Crippen molar-refractivity contribution in [2.24, 2.45) is 0 Å². The molecule has 2 rings (SSSR count). The number of ether oxygens (including phenoxy) is 1. The van der Waals surface area contributed by atoms with Crippen LogP contribution in [0, 0.1) is 0 Å². The van der Waals surface area contributed by atoms with Crippen LogP contribution in [0.1, 0.15) is 17.4 Å². The minimum atomic E-state index is -0.628. The van der Waals surface area contributed by atoms with Crippen LogP contribution in [0.4, 0.5) is 0 Å². The molecule has 1 atom stereocenters. The van der Waals surface area contributed by atoms with Crippen LogP contribution in [-0.2, 0) is 15.1 Å². The summed E-state index contributed by atoms with van der Waals surface area (Å²) in [6.45, 7) is 2.28. The van der Waals surface area contributed by atoms with E-state index in [1.54, 1.807) is 24.5 Å². The minimum Gasteiger partial charge on any atom is -0.372 e. The van der Waals surface area contributed by atoms with Crippen LogP contribution in [-0.4, -0.2) is 19.6 Å². The number of carbonyl (C=O) groups is 1. The van der Waals surface area contributed by atoms with Crippen LogP contribution in [0.2, 0.25) is 5.02 Å². The maximum absolute atomic E-state index is 11.9. The molecule has 5 heteroatoms. The first-order valence-electron chi connectivity index (χ1n) is 6.84. The zero-order valence-corrected chi connectivity index (χ0v) is 14.1. The predicted octanol–water partition coefficient (Wildman–Crippen LogP) is 4.09. The summed E-state index contributed by atoms with van der Waals surface area (Å²) in [5.74, 6) is -0.154. The van der Waals surface area contributed by atoms with E-state index in [4.69, 9.17) is 16.3 Å². The third-order valence-corrected chi connectivity index (χ3v) is 4.50. The topological polar surface area (TPSA) is 38.3 Å². The van der Waals surface area contributed by atoms with Crippen molar-refractivity contribution in [3.8, 4) is 0 Å². The average Bonchev–Trinajstić information content (AvgIpc) is 3.04. The van der Waals surface area contributed by atoms with Crippen LogP contribution < -0.4 is 5.32 Å². The second-order valence-electron chi connectivity index (χ2n) is 5.01. The number of carbonyl (C=O) groups excluding carboxylic acids is 1. The van der Waals surface area contributed by atoms with Gasteiger partial charge in [0.1, 0.15) is 5.60 Å². The maximum atomic E-state index is 11.9. The SMILES string of the molecule is COC(C)(CNC(=O)/C=C/c1cccs1)c1cccc(Cl)c1. The van der Waals surface area contributed by atoms with E-state index in [1.807, 2.05) is 48.7 Å². The Kier molecular flexibility index (Phi) is 5.77. The average molecular weight is 336 g/mol. The molecule has 0 saturated carbocycles. The number of hydrogen-bond donors (Lipinski definition) is 1. The van der Waals surface area contributed by atoms with Gasteiger partial charge in [0.2, 0.25) is 5.91 Å². The van der Waals surface area contributed by atoms with Gasteiger partial charge in [-0.3, -0.25) is 4.79 Å². The van der Waals surface area contributed by atoms with Gasteiger partial charge in [-0.05, 0) is 42.1 Å². The molecule has 0 spiro atoms. The highest BCUT2D eigenvalue weighted by atomic mass is 35.5. The second-order valence-corrected chi connectivity index (χ2v) is 6.43. The lowest BCUT2D eigenvalue weighted by Crippen LogP contribution is -2.39. The second kappa shape index (κ2) is 7.58. The Hall–Kier alpha value is -1.62. The Morgan fingerprint density at radius 1 is 1.41 bits per heavy atom. The molecule has 0 saturated heterocycles. The first-order valence-corrected chi connectivity index (χ1v) is 8.10. The van der Waals surface area contributed by atoms with E-state index in [0.717, 1.165) is 10.4 Å². The van der Waals surface area contributed by atoms with E-state index in [0.29, 0.717) is 11.6 Å². The van der Waals surface area contributed by atoms with Gasteiger partial charge in [-0.15, -0.1) is 11.3 Å². The number of amides is 1. The van der Waals surface area contributed by atoms with Gasteiger partial charge in [-0.1, -0.05) is 29.8 Å². The lowest BCUT2D eigenvalue weighted by Gasteiger charge is -2.29. The molecular weight excluding hydrogens is 318 g/mol. The van der Waals surface area contributed by atoms with Gasteiger partial charge >= 0.3 is 0 Å². The van der Waals surface area contributed by atoms with E-state index in [9.17, 15) is 4.79 Å². The number of hydrogen-bond acceptors (Lipinski definition) is 3. The number of benzene rings is 1. The third-order valence-electron chi connectivity index (χ3n) is 3.43. The first-order chi connectivity index (χ1) is 10.5. The van der Waals surface area contributed by atoms with Crippen LogP contribution in [0.15, 0.2) is 47.9 Å². The third kappa shape index (κ3) is 4.44. The lowest BCUT2D eigenvalue weighted by molar-refractivity contribution is -0.118. The van der Waals surface area contributed by atoms with E-state index in [-0.39, 0.29) is 5.91 Å². The molecule has 0 aliphatic heterocycles. The highest BCUT2D eigenvalue weighted by Crippen LogP contribution is 2.26. The summed E-state index contributed by atoms with van der Waals surface area (Å²) in [6, 6.07) is 11.4. The van der Waals surface area contributed by atoms with Crippen molar-refractivity contribution in [2.75, 3.05) is 13.7 Å². The van der Waals surface area contributed by atoms with Gasteiger partial charge in [0.25, 0.3) is 0 Å². The fourth-order valence-corrected chi connectivity index (χ4v) is 2.78. The zero-order valence-electron chi connectivity index (χ0n) is 12.5. The Morgan fingerprint density at radius 3 is 2.86 bits per heavy atom. The van der Waals surface area contributed by atoms with Crippen molar-refractivity contribution in [3.63, 3.8) is 0 Å². The fraction of sp³-hybridized carbons (Fsp3) is 0.235. The van der Waals surface area contributed by atoms with Crippen LogP contribution in [0.5, 0.6) is 0 Å². The number of rotatable bonds is 6. The standard InChI is InChI=1S/C17H18ClNO2S/c1-17(21-2,13-5-3-6-14(18)11-13)12-19-16(20)9-8-15-7-4-10-22-15/h3-11H,12H2,1-2H3,(H,19,20)/b9-8+. The molecule has 116 valence electrons. The summed E-state index contributed by atoms with van der Waals surface area (Å²) in [5, 5.41) is 5.48. The van der Waals surface area contributed by atoms with Gasteiger partial charge in [0.15, 0.2) is 0 Å². The van der Waals surface area contributed by atoms with Crippen LogP contribution >= 0.6 is 22.9 Å². The number of nitrogens with one attached hydrogen (secondary N) is 1. The van der Waals surface area contributed by atoms with Crippen molar-refractivity contribution in [1.29, 1.82) is 0 Å². The summed E-state index contributed by atoms with van der Waals surface area (Å²) < 4.78 is 5.58. The highest BCUT2D eigenvalue weighted by Gasteiger charge is 2.26. The largest absolute Gasteiger partial charge is 0.372 e. The van der Waals surface area contributed by atoms with Gasteiger partial charge in [0.05, 0.1) is 6.54 Å². The smallest absolute Gasteiger partial charge is 0.244 e. The van der Waals surface area contributed by atoms with Gasteiger partial charge in [-0.25, -0.2) is 0 Å². The molecule has 1 N–H and O–H groups in total. The molecule has 1 amide bonds. The molecule has 0 aliphatic carbocycles. The molecule has 0 bridgehead atoms. The molecule has 1 aromatic heterocycles. The molecular formula is C17H18ClNO2S. The lowest BCUT2D eigenvalue weighted by atomic mass is 9.95. The Labute approximate surface area is 139 Å². The molecule has 0 fully saturated rings. The summed E-state index contributed by atoms with van der Waals surface area (Å²) in [4.78, 5) is 13.0. The van der Waals surface area contributed by atoms with Gasteiger partial charge in [-0.2, -0.15) is 0 Å². The fourth-order valence-electron chi connectivity index (χ4n) is 1.97. The molecule has 3 nitrogen and oxygen atoms in total. The number of halogens is 1. The van der Waals surface area contributed by atoms with Crippen molar-refractivity contribution in [2.45, 2.75) is 12.5 Å². The normalized spacial score (nSPS) is 14.0. The Bertz CT molecular complexity index is 654. The molecule has 22 heavy (non-hydrogen) atoms. The molecule has 2 aromatic rings. The van der Waals surface area contributed by atoms with Gasteiger partial charge in [0, 0.05) is 23.1 Å². The van der Waals surface area contributed by atoms with E-state index >= 15 is 0 Å². The molecule has 0 aliphatic rings. The minimum absolute atomic E-state index is 0.154. The van der Waals surface area contributed by atoms with E-state index < -0.39 is 5.60 Å². The van der Waals surface area contributed by atoms with Crippen LogP contribution in [0.25, 0.3) is 6.08 Å². The Morgan fingerprint density at radius 2 is 2.23 bits per heavy atom.